The monoisotopic (exact) mass is 392 g/mol. The first-order valence-electron chi connectivity index (χ1n) is 8.96. The van der Waals surface area contributed by atoms with Crippen LogP contribution in [0, 0.1) is 13.8 Å². The second-order valence-corrected chi connectivity index (χ2v) is 6.45. The number of nitrogens with one attached hydrogen (secondary N) is 2. The molecule has 0 bridgehead atoms. The lowest BCUT2D eigenvalue weighted by atomic mass is 10.2. The van der Waals surface area contributed by atoms with Crippen LogP contribution in [0.4, 0.5) is 0 Å². The number of aromatic nitrogens is 2. The number of hydrogen-bond acceptors (Lipinski definition) is 6. The van der Waals surface area contributed by atoms with Crippen LogP contribution in [0.2, 0.25) is 0 Å². The first-order valence-corrected chi connectivity index (χ1v) is 8.96. The van der Waals surface area contributed by atoms with Crippen molar-refractivity contribution < 1.29 is 19.1 Å². The fourth-order valence-electron chi connectivity index (χ4n) is 2.52. The van der Waals surface area contributed by atoms with E-state index in [1.165, 1.54) is 6.92 Å². The Bertz CT molecular complexity index is 1080. The van der Waals surface area contributed by atoms with E-state index in [2.05, 4.69) is 20.8 Å². The minimum Gasteiger partial charge on any atom is -0.449 e. The molecular weight excluding hydrogens is 372 g/mol. The van der Waals surface area contributed by atoms with Crippen molar-refractivity contribution in [2.45, 2.75) is 26.9 Å². The van der Waals surface area contributed by atoms with Crippen LogP contribution in [-0.4, -0.2) is 33.9 Å². The molecule has 148 valence electrons. The SMILES string of the molecule is Cc1nc2ccc(C(=O)O[C@H](C)C(=O)NNC(=O)c3ccccc3)cc2nc1C. The first kappa shape index (κ1) is 19.9. The summed E-state index contributed by atoms with van der Waals surface area (Å²) in [4.78, 5) is 45.3. The van der Waals surface area contributed by atoms with Gasteiger partial charge in [-0.1, -0.05) is 18.2 Å². The molecule has 0 unspecified atom stereocenters. The molecule has 2 N–H and O–H groups in total. The van der Waals surface area contributed by atoms with Crippen LogP contribution in [0.15, 0.2) is 48.5 Å². The zero-order valence-electron chi connectivity index (χ0n) is 16.2. The Morgan fingerprint density at radius 3 is 2.21 bits per heavy atom. The Balaban J connectivity index is 1.61. The van der Waals surface area contributed by atoms with Crippen molar-refractivity contribution in [2.75, 3.05) is 0 Å². The molecule has 1 aromatic heterocycles. The van der Waals surface area contributed by atoms with Gasteiger partial charge in [-0.25, -0.2) is 14.8 Å². The number of hydrazine groups is 1. The van der Waals surface area contributed by atoms with Gasteiger partial charge in [-0.15, -0.1) is 0 Å². The van der Waals surface area contributed by atoms with E-state index in [9.17, 15) is 14.4 Å². The Kier molecular flexibility index (Phi) is 5.82. The van der Waals surface area contributed by atoms with Crippen LogP contribution < -0.4 is 10.9 Å². The highest BCUT2D eigenvalue weighted by Crippen LogP contribution is 2.15. The summed E-state index contributed by atoms with van der Waals surface area (Å²) >= 11 is 0. The third kappa shape index (κ3) is 4.73. The number of esters is 1. The van der Waals surface area contributed by atoms with E-state index in [0.29, 0.717) is 16.6 Å². The number of carbonyl (C=O) groups excluding carboxylic acids is 3. The largest absolute Gasteiger partial charge is 0.449 e. The molecule has 0 radical (unpaired) electrons. The number of rotatable bonds is 4. The molecule has 1 heterocycles. The van der Waals surface area contributed by atoms with Crippen LogP contribution in [-0.2, 0) is 9.53 Å². The van der Waals surface area contributed by atoms with Gasteiger partial charge in [0, 0.05) is 5.56 Å². The van der Waals surface area contributed by atoms with E-state index < -0.39 is 23.9 Å². The molecule has 0 saturated heterocycles. The molecule has 1 atom stereocenters. The summed E-state index contributed by atoms with van der Waals surface area (Å²) in [5.41, 5.74) is 7.98. The van der Waals surface area contributed by atoms with Crippen LogP contribution in [0.1, 0.15) is 39.0 Å². The number of carbonyl (C=O) groups is 3. The number of nitrogens with zero attached hydrogens (tertiary/aromatic N) is 2. The van der Waals surface area contributed by atoms with Gasteiger partial charge >= 0.3 is 5.97 Å². The number of aryl methyl sites for hydroxylation is 2. The van der Waals surface area contributed by atoms with Crippen LogP contribution in [0.5, 0.6) is 0 Å². The summed E-state index contributed by atoms with van der Waals surface area (Å²) in [5.74, 6) is -1.81. The molecule has 8 heteroatoms. The van der Waals surface area contributed by atoms with Crippen LogP contribution >= 0.6 is 0 Å². The van der Waals surface area contributed by atoms with Gasteiger partial charge in [0.25, 0.3) is 11.8 Å². The Morgan fingerprint density at radius 1 is 0.862 bits per heavy atom. The predicted molar refractivity (Wildman–Crippen MR) is 106 cm³/mol. The lowest BCUT2D eigenvalue weighted by molar-refractivity contribution is -0.129. The van der Waals surface area contributed by atoms with Crippen molar-refractivity contribution in [1.82, 2.24) is 20.8 Å². The molecule has 0 fully saturated rings. The maximum absolute atomic E-state index is 12.4. The number of benzene rings is 2. The zero-order valence-corrected chi connectivity index (χ0v) is 16.2. The second-order valence-electron chi connectivity index (χ2n) is 6.45. The van der Waals surface area contributed by atoms with Crippen LogP contribution in [0.25, 0.3) is 11.0 Å². The summed E-state index contributed by atoms with van der Waals surface area (Å²) in [6.07, 6.45) is -1.11. The van der Waals surface area contributed by atoms with Gasteiger partial charge in [-0.05, 0) is 51.1 Å². The predicted octanol–water partition coefficient (Wildman–Crippen LogP) is 2.25. The minimum absolute atomic E-state index is 0.253. The van der Waals surface area contributed by atoms with E-state index in [1.807, 2.05) is 13.8 Å². The molecule has 0 spiro atoms. The highest BCUT2D eigenvalue weighted by Gasteiger charge is 2.20. The fraction of sp³-hybridized carbons (Fsp3) is 0.190. The van der Waals surface area contributed by atoms with E-state index in [1.54, 1.807) is 48.5 Å². The highest BCUT2D eigenvalue weighted by molar-refractivity contribution is 5.97. The first-order chi connectivity index (χ1) is 13.8. The second kappa shape index (κ2) is 8.47. The van der Waals surface area contributed by atoms with Crippen molar-refractivity contribution in [2.24, 2.45) is 0 Å². The van der Waals surface area contributed by atoms with Gasteiger partial charge in [-0.2, -0.15) is 0 Å². The standard InChI is InChI=1S/C21H20N4O4/c1-12-13(2)23-18-11-16(9-10-17(18)22-12)21(28)29-14(3)19(26)24-25-20(27)15-7-5-4-6-8-15/h4-11,14H,1-3H3,(H,24,26)(H,25,27)/t14-/m1/s1. The van der Waals surface area contributed by atoms with E-state index in [-0.39, 0.29) is 5.56 Å². The zero-order chi connectivity index (χ0) is 21.0. The Hall–Kier alpha value is -3.81. The number of fused-ring (bicyclic) bond motifs is 1. The van der Waals surface area contributed by atoms with Gasteiger partial charge in [0.05, 0.1) is 28.0 Å². The van der Waals surface area contributed by atoms with Crippen molar-refractivity contribution in [3.05, 3.63) is 71.0 Å². The molecule has 3 aromatic rings. The lowest BCUT2D eigenvalue weighted by Gasteiger charge is -2.14. The smallest absolute Gasteiger partial charge is 0.338 e. The van der Waals surface area contributed by atoms with E-state index in [4.69, 9.17) is 4.74 Å². The molecule has 0 saturated carbocycles. The molecule has 2 amide bonds. The summed E-state index contributed by atoms with van der Waals surface area (Å²) < 4.78 is 5.19. The Morgan fingerprint density at radius 2 is 1.52 bits per heavy atom. The van der Waals surface area contributed by atoms with E-state index >= 15 is 0 Å². The molecule has 2 aromatic carbocycles. The molecule has 3 rings (SSSR count). The fourth-order valence-corrected chi connectivity index (χ4v) is 2.52. The molecule has 0 aliphatic carbocycles. The topological polar surface area (TPSA) is 110 Å². The van der Waals surface area contributed by atoms with Gasteiger partial charge in [0.2, 0.25) is 0 Å². The molecule has 0 aliphatic rings. The minimum atomic E-state index is -1.11. The van der Waals surface area contributed by atoms with Crippen molar-refractivity contribution in [3.63, 3.8) is 0 Å². The third-order valence-electron chi connectivity index (χ3n) is 4.30. The van der Waals surface area contributed by atoms with E-state index in [0.717, 1.165) is 11.4 Å². The number of amides is 2. The summed E-state index contributed by atoms with van der Waals surface area (Å²) in [5, 5.41) is 0. The lowest BCUT2D eigenvalue weighted by Crippen LogP contribution is -2.46. The average molecular weight is 392 g/mol. The molecule has 0 aliphatic heterocycles. The maximum Gasteiger partial charge on any atom is 0.338 e. The molecule has 8 nitrogen and oxygen atoms in total. The van der Waals surface area contributed by atoms with Gasteiger partial charge in [0.15, 0.2) is 6.10 Å². The highest BCUT2D eigenvalue weighted by atomic mass is 16.5. The average Bonchev–Trinajstić information content (AvgIpc) is 2.72. The summed E-state index contributed by atoms with van der Waals surface area (Å²) in [6.45, 7) is 5.11. The quantitative estimate of drug-likeness (QED) is 0.521. The Labute approximate surface area is 167 Å². The molecular formula is C21H20N4O4. The van der Waals surface area contributed by atoms with Crippen LogP contribution in [0.3, 0.4) is 0 Å². The third-order valence-corrected chi connectivity index (χ3v) is 4.30. The van der Waals surface area contributed by atoms with Crippen molar-refractivity contribution >= 4 is 28.8 Å². The van der Waals surface area contributed by atoms with Crippen molar-refractivity contribution in [3.8, 4) is 0 Å². The maximum atomic E-state index is 12.4. The van der Waals surface area contributed by atoms with Crippen molar-refractivity contribution in [1.29, 1.82) is 0 Å². The summed E-state index contributed by atoms with van der Waals surface area (Å²) in [7, 11) is 0. The van der Waals surface area contributed by atoms with Gasteiger partial charge in [0.1, 0.15) is 0 Å². The number of ether oxygens (including phenoxy) is 1. The van der Waals surface area contributed by atoms with Gasteiger partial charge < -0.3 is 4.74 Å². The van der Waals surface area contributed by atoms with Gasteiger partial charge in [-0.3, -0.25) is 20.4 Å². The normalized spacial score (nSPS) is 11.6. The molecule has 29 heavy (non-hydrogen) atoms. The number of hydrogen-bond donors (Lipinski definition) is 2. The summed E-state index contributed by atoms with van der Waals surface area (Å²) in [6, 6.07) is 13.2.